The van der Waals surface area contributed by atoms with Crippen LogP contribution >= 0.6 is 0 Å². The van der Waals surface area contributed by atoms with Crippen LogP contribution in [-0.2, 0) is 15.1 Å². The van der Waals surface area contributed by atoms with Crippen LogP contribution in [0.5, 0.6) is 0 Å². The Morgan fingerprint density at radius 2 is 1.85 bits per heavy atom. The van der Waals surface area contributed by atoms with Crippen LogP contribution in [0.2, 0.25) is 0 Å². The van der Waals surface area contributed by atoms with E-state index in [0.717, 1.165) is 0 Å². The smallest absolute Gasteiger partial charge is 0.359 e. The first-order valence-corrected chi connectivity index (χ1v) is 5.28. The molecule has 0 aromatic carbocycles. The topological polar surface area (TPSA) is 104 Å². The molecule has 0 unspecified atom stereocenters. The summed E-state index contributed by atoms with van der Waals surface area (Å²) >= 11 is 0. The molecule has 0 heterocycles. The predicted octanol–water partition coefficient (Wildman–Crippen LogP) is -0.542. The van der Waals surface area contributed by atoms with Crippen molar-refractivity contribution < 1.29 is 22.9 Å². The summed E-state index contributed by atoms with van der Waals surface area (Å²) in [6.45, 7) is 0.0555. The number of aliphatic hydroxyl groups is 1. The average Bonchev–Trinajstić information content (AvgIpc) is 1.94. The summed E-state index contributed by atoms with van der Waals surface area (Å²) in [5, 5.41) is 8.38. The third-order valence-corrected chi connectivity index (χ3v) is 1.79. The fraction of sp³-hybridized carbons (Fsp3) is 0.833. The molecule has 0 aromatic rings. The van der Waals surface area contributed by atoms with Gasteiger partial charge in [-0.05, 0) is 12.8 Å². The van der Waals surface area contributed by atoms with Gasteiger partial charge in [0.05, 0.1) is 0 Å². The molecule has 0 saturated heterocycles. The molecule has 6 nitrogen and oxygen atoms in total. The van der Waals surface area contributed by atoms with E-state index < -0.39 is 16.2 Å². The summed E-state index contributed by atoms with van der Waals surface area (Å²) in [6.07, 6.45) is 1.75. The minimum absolute atomic E-state index is 0.0276. The first kappa shape index (κ1) is 12.3. The quantitative estimate of drug-likeness (QED) is 0.404. The number of nitrogens with one attached hydrogen (secondary N) is 1. The van der Waals surface area contributed by atoms with Crippen LogP contribution in [0.1, 0.15) is 25.7 Å². The van der Waals surface area contributed by atoms with E-state index in [9.17, 15) is 13.2 Å². The van der Waals surface area contributed by atoms with Gasteiger partial charge < -0.3 is 5.11 Å². The fourth-order valence-electron chi connectivity index (χ4n) is 0.769. The highest BCUT2D eigenvalue weighted by molar-refractivity contribution is 7.84. The summed E-state index contributed by atoms with van der Waals surface area (Å²) in [6, 6.07) is 0. The van der Waals surface area contributed by atoms with Crippen LogP contribution in [0.25, 0.3) is 0 Å². The lowest BCUT2D eigenvalue weighted by Gasteiger charge is -2.00. The Morgan fingerprint density at radius 3 is 2.31 bits per heavy atom. The molecule has 1 amide bonds. The van der Waals surface area contributed by atoms with Gasteiger partial charge in [-0.25, -0.2) is 4.72 Å². The van der Waals surface area contributed by atoms with Gasteiger partial charge in [-0.1, -0.05) is 6.42 Å². The Kier molecular flexibility index (Phi) is 5.60. The molecule has 0 spiro atoms. The maximum absolute atomic E-state index is 10.7. The number of aliphatic hydroxyl groups excluding tert-OH is 1. The molecule has 0 aliphatic rings. The van der Waals surface area contributed by atoms with Crippen LogP contribution in [0.15, 0.2) is 0 Å². The molecule has 13 heavy (non-hydrogen) atoms. The molecule has 3 N–H and O–H groups in total. The molecule has 7 heteroatoms. The highest BCUT2D eigenvalue weighted by Gasteiger charge is 2.08. The summed E-state index contributed by atoms with van der Waals surface area (Å²) in [4.78, 5) is 10.7. The minimum Gasteiger partial charge on any atom is -0.396 e. The molecular formula is C6H13NO5S. The van der Waals surface area contributed by atoms with Crippen molar-refractivity contribution in [3.8, 4) is 0 Å². The molecule has 0 radical (unpaired) electrons. The molecule has 0 atom stereocenters. The number of hydrogen-bond donors (Lipinski definition) is 3. The SMILES string of the molecule is O=C(CCCCCO)NS(=O)(=O)O. The van der Waals surface area contributed by atoms with E-state index in [1.807, 2.05) is 0 Å². The van der Waals surface area contributed by atoms with Crippen LogP contribution < -0.4 is 4.72 Å². The second kappa shape index (κ2) is 5.90. The van der Waals surface area contributed by atoms with Gasteiger partial charge in [0.2, 0.25) is 5.91 Å². The lowest BCUT2D eigenvalue weighted by molar-refractivity contribution is -0.119. The van der Waals surface area contributed by atoms with Crippen LogP contribution in [-0.4, -0.2) is 30.6 Å². The molecule has 78 valence electrons. The summed E-state index contributed by atoms with van der Waals surface area (Å²) in [5.74, 6) is -0.736. The van der Waals surface area contributed by atoms with Crippen molar-refractivity contribution in [1.82, 2.24) is 4.72 Å². The van der Waals surface area contributed by atoms with Crippen molar-refractivity contribution in [3.05, 3.63) is 0 Å². The van der Waals surface area contributed by atoms with E-state index in [4.69, 9.17) is 9.66 Å². The number of unbranched alkanes of at least 4 members (excludes halogenated alkanes) is 2. The monoisotopic (exact) mass is 211 g/mol. The zero-order valence-electron chi connectivity index (χ0n) is 7.06. The van der Waals surface area contributed by atoms with Gasteiger partial charge in [0.1, 0.15) is 0 Å². The van der Waals surface area contributed by atoms with Gasteiger partial charge in [-0.15, -0.1) is 0 Å². The third-order valence-electron chi connectivity index (χ3n) is 1.30. The van der Waals surface area contributed by atoms with Crippen LogP contribution in [0.3, 0.4) is 0 Å². The molecule has 0 aliphatic carbocycles. The van der Waals surface area contributed by atoms with E-state index >= 15 is 0 Å². The molecule has 0 fully saturated rings. The Bertz CT molecular complexity index is 248. The maximum atomic E-state index is 10.7. The van der Waals surface area contributed by atoms with Crippen molar-refractivity contribution in [2.24, 2.45) is 0 Å². The Morgan fingerprint density at radius 1 is 1.23 bits per heavy atom. The average molecular weight is 211 g/mol. The fourth-order valence-corrected chi connectivity index (χ4v) is 1.16. The zero-order valence-corrected chi connectivity index (χ0v) is 7.88. The minimum atomic E-state index is -4.41. The maximum Gasteiger partial charge on any atom is 0.359 e. The van der Waals surface area contributed by atoms with Gasteiger partial charge in [0.25, 0.3) is 0 Å². The van der Waals surface area contributed by atoms with E-state index in [2.05, 4.69) is 0 Å². The van der Waals surface area contributed by atoms with Crippen molar-refractivity contribution in [1.29, 1.82) is 0 Å². The Hall–Kier alpha value is -0.660. The van der Waals surface area contributed by atoms with E-state index in [1.54, 1.807) is 0 Å². The van der Waals surface area contributed by atoms with E-state index in [0.29, 0.717) is 19.3 Å². The lowest BCUT2D eigenvalue weighted by atomic mass is 10.2. The van der Waals surface area contributed by atoms with Crippen molar-refractivity contribution in [2.45, 2.75) is 25.7 Å². The molecule has 0 aliphatic heterocycles. The van der Waals surface area contributed by atoms with Gasteiger partial charge in [0.15, 0.2) is 0 Å². The van der Waals surface area contributed by atoms with Gasteiger partial charge in [-0.2, -0.15) is 8.42 Å². The zero-order chi connectivity index (χ0) is 10.3. The highest BCUT2D eigenvalue weighted by Crippen LogP contribution is 1.98. The number of rotatable bonds is 6. The first-order valence-electron chi connectivity index (χ1n) is 3.84. The van der Waals surface area contributed by atoms with E-state index in [-0.39, 0.29) is 13.0 Å². The standard InChI is InChI=1S/C6H13NO5S/c8-5-3-1-2-4-6(9)7-13(10,11)12/h8H,1-5H2,(H,7,9)(H,10,11,12). The normalized spacial score (nSPS) is 11.2. The second-order valence-corrected chi connectivity index (χ2v) is 3.69. The number of carbonyl (C=O) groups is 1. The number of carbonyl (C=O) groups excluding carboxylic acids is 1. The summed E-state index contributed by atoms with van der Waals surface area (Å²) < 4.78 is 29.8. The lowest BCUT2D eigenvalue weighted by Crippen LogP contribution is -2.29. The Balaban J connectivity index is 3.53. The molecule has 0 bridgehead atoms. The van der Waals surface area contributed by atoms with E-state index in [1.165, 1.54) is 4.72 Å². The molecular weight excluding hydrogens is 198 g/mol. The van der Waals surface area contributed by atoms with Crippen LogP contribution in [0, 0.1) is 0 Å². The highest BCUT2D eigenvalue weighted by atomic mass is 32.2. The molecule has 0 aromatic heterocycles. The largest absolute Gasteiger partial charge is 0.396 e. The number of hydrogen-bond acceptors (Lipinski definition) is 4. The van der Waals surface area contributed by atoms with Gasteiger partial charge in [0, 0.05) is 13.0 Å². The van der Waals surface area contributed by atoms with Crippen LogP contribution in [0.4, 0.5) is 0 Å². The third kappa shape index (κ3) is 9.25. The predicted molar refractivity (Wildman–Crippen MR) is 45.2 cm³/mol. The van der Waals surface area contributed by atoms with Gasteiger partial charge >= 0.3 is 10.3 Å². The Labute approximate surface area is 76.8 Å². The number of amides is 1. The molecule has 0 rings (SSSR count). The molecule has 0 saturated carbocycles. The van der Waals surface area contributed by atoms with Crippen molar-refractivity contribution in [2.75, 3.05) is 6.61 Å². The van der Waals surface area contributed by atoms with Crippen molar-refractivity contribution >= 4 is 16.2 Å². The van der Waals surface area contributed by atoms with Crippen molar-refractivity contribution in [3.63, 3.8) is 0 Å². The van der Waals surface area contributed by atoms with Gasteiger partial charge in [-0.3, -0.25) is 9.35 Å². The first-order chi connectivity index (χ1) is 5.95. The summed E-state index contributed by atoms with van der Waals surface area (Å²) in [5.41, 5.74) is 0. The summed E-state index contributed by atoms with van der Waals surface area (Å²) in [7, 11) is -4.41. The second-order valence-electron chi connectivity index (χ2n) is 2.53.